The van der Waals surface area contributed by atoms with Crippen LogP contribution in [0.5, 0.6) is 0 Å². The minimum Gasteiger partial charge on any atom is -0.480 e. The van der Waals surface area contributed by atoms with Crippen LogP contribution in [0.1, 0.15) is 26.7 Å². The molecular formula is C11H17N3O4. The van der Waals surface area contributed by atoms with E-state index in [0.29, 0.717) is 0 Å². The molecule has 100 valence electrons. The fraction of sp³-hybridized carbons (Fsp3) is 0.545. The van der Waals surface area contributed by atoms with E-state index in [-0.39, 0.29) is 12.8 Å². The van der Waals surface area contributed by atoms with Gasteiger partial charge in [0.25, 0.3) is 0 Å². The molecule has 0 aromatic rings. The van der Waals surface area contributed by atoms with Crippen molar-refractivity contribution in [3.63, 3.8) is 0 Å². The SMILES string of the molecule is C#CCC(NC(=O)NC(C)(C)CC(N)=O)C(=O)O. The summed E-state index contributed by atoms with van der Waals surface area (Å²) < 4.78 is 0. The second-order valence-electron chi connectivity index (χ2n) is 4.42. The van der Waals surface area contributed by atoms with Crippen LogP contribution in [-0.2, 0) is 9.59 Å². The van der Waals surface area contributed by atoms with E-state index in [1.807, 2.05) is 0 Å². The van der Waals surface area contributed by atoms with Gasteiger partial charge < -0.3 is 21.5 Å². The maximum Gasteiger partial charge on any atom is 0.327 e. The topological polar surface area (TPSA) is 122 Å². The summed E-state index contributed by atoms with van der Waals surface area (Å²) in [5.74, 6) is 0.355. The molecule has 0 saturated heterocycles. The zero-order valence-electron chi connectivity index (χ0n) is 10.3. The number of nitrogens with one attached hydrogen (secondary N) is 2. The van der Waals surface area contributed by atoms with Crippen LogP contribution >= 0.6 is 0 Å². The van der Waals surface area contributed by atoms with Gasteiger partial charge in [-0.25, -0.2) is 9.59 Å². The number of terminal acetylenes is 1. The molecule has 0 aromatic carbocycles. The third-order valence-corrected chi connectivity index (χ3v) is 1.99. The number of primary amides is 1. The first-order valence-electron chi connectivity index (χ1n) is 5.21. The van der Waals surface area contributed by atoms with Crippen LogP contribution in [0.25, 0.3) is 0 Å². The Morgan fingerprint density at radius 3 is 2.39 bits per heavy atom. The maximum absolute atomic E-state index is 11.5. The van der Waals surface area contributed by atoms with E-state index in [0.717, 1.165) is 0 Å². The zero-order valence-corrected chi connectivity index (χ0v) is 10.3. The Bertz CT molecular complexity index is 384. The highest BCUT2D eigenvalue weighted by Crippen LogP contribution is 2.07. The molecule has 0 aliphatic carbocycles. The molecule has 0 aliphatic rings. The minimum absolute atomic E-state index is 0.0622. The monoisotopic (exact) mass is 255 g/mol. The van der Waals surface area contributed by atoms with E-state index < -0.39 is 29.5 Å². The maximum atomic E-state index is 11.5. The van der Waals surface area contributed by atoms with Crippen molar-refractivity contribution in [1.29, 1.82) is 0 Å². The van der Waals surface area contributed by atoms with Gasteiger partial charge in [0.15, 0.2) is 0 Å². The molecular weight excluding hydrogens is 238 g/mol. The van der Waals surface area contributed by atoms with Gasteiger partial charge in [0.1, 0.15) is 6.04 Å². The van der Waals surface area contributed by atoms with E-state index >= 15 is 0 Å². The first-order valence-corrected chi connectivity index (χ1v) is 5.21. The van der Waals surface area contributed by atoms with Gasteiger partial charge in [0, 0.05) is 18.4 Å². The average molecular weight is 255 g/mol. The van der Waals surface area contributed by atoms with Crippen LogP contribution in [0.2, 0.25) is 0 Å². The lowest BCUT2D eigenvalue weighted by molar-refractivity contribution is -0.139. The Morgan fingerprint density at radius 2 is 2.00 bits per heavy atom. The summed E-state index contributed by atoms with van der Waals surface area (Å²) in [7, 11) is 0. The number of aliphatic carboxylic acids is 1. The Hall–Kier alpha value is -2.23. The summed E-state index contributed by atoms with van der Waals surface area (Å²) in [5, 5.41) is 13.4. The van der Waals surface area contributed by atoms with Crippen molar-refractivity contribution in [3.8, 4) is 12.3 Å². The predicted octanol–water partition coefficient (Wildman–Crippen LogP) is -0.584. The summed E-state index contributed by atoms with van der Waals surface area (Å²) in [6, 6.07) is -1.89. The van der Waals surface area contributed by atoms with Crippen LogP contribution in [-0.4, -0.2) is 34.6 Å². The summed E-state index contributed by atoms with van der Waals surface area (Å²) in [4.78, 5) is 33.0. The van der Waals surface area contributed by atoms with Crippen molar-refractivity contribution in [2.75, 3.05) is 0 Å². The van der Waals surface area contributed by atoms with Crippen LogP contribution < -0.4 is 16.4 Å². The number of hydrogen-bond donors (Lipinski definition) is 4. The molecule has 0 rings (SSSR count). The number of hydrogen-bond acceptors (Lipinski definition) is 3. The fourth-order valence-electron chi connectivity index (χ4n) is 1.30. The Labute approximate surface area is 105 Å². The van der Waals surface area contributed by atoms with Gasteiger partial charge in [-0.2, -0.15) is 0 Å². The molecule has 5 N–H and O–H groups in total. The number of amides is 3. The fourth-order valence-corrected chi connectivity index (χ4v) is 1.30. The van der Waals surface area contributed by atoms with E-state index in [2.05, 4.69) is 16.6 Å². The molecule has 0 aliphatic heterocycles. The normalized spacial score (nSPS) is 12.1. The Balaban J connectivity index is 4.45. The number of carboxylic acids is 1. The lowest BCUT2D eigenvalue weighted by Crippen LogP contribution is -2.53. The smallest absolute Gasteiger partial charge is 0.327 e. The molecule has 0 bridgehead atoms. The quantitative estimate of drug-likeness (QED) is 0.474. The van der Waals surface area contributed by atoms with Gasteiger partial charge in [0.2, 0.25) is 5.91 Å². The molecule has 0 spiro atoms. The lowest BCUT2D eigenvalue weighted by Gasteiger charge is -2.25. The molecule has 0 radical (unpaired) electrons. The summed E-state index contributed by atoms with van der Waals surface area (Å²) >= 11 is 0. The van der Waals surface area contributed by atoms with Crippen molar-refractivity contribution < 1.29 is 19.5 Å². The Morgan fingerprint density at radius 1 is 1.44 bits per heavy atom. The van der Waals surface area contributed by atoms with Gasteiger partial charge in [-0.05, 0) is 13.8 Å². The largest absolute Gasteiger partial charge is 0.480 e. The van der Waals surface area contributed by atoms with Gasteiger partial charge >= 0.3 is 12.0 Å². The summed E-state index contributed by atoms with van der Waals surface area (Å²) in [6.45, 7) is 3.18. The predicted molar refractivity (Wildman–Crippen MR) is 64.4 cm³/mol. The zero-order chi connectivity index (χ0) is 14.3. The second kappa shape index (κ2) is 6.49. The number of rotatable bonds is 6. The van der Waals surface area contributed by atoms with Gasteiger partial charge in [-0.1, -0.05) is 0 Å². The standard InChI is InChI=1S/C11H17N3O4/c1-4-5-7(9(16)17)13-10(18)14-11(2,3)6-8(12)15/h1,7H,5-6H2,2-3H3,(H2,12,15)(H,16,17)(H2,13,14,18). The number of urea groups is 1. The molecule has 18 heavy (non-hydrogen) atoms. The number of carbonyl (C=O) groups excluding carboxylic acids is 2. The number of carboxylic acid groups (broad SMARTS) is 1. The molecule has 1 atom stereocenters. The number of carbonyl (C=O) groups is 3. The average Bonchev–Trinajstić information content (AvgIpc) is 2.13. The lowest BCUT2D eigenvalue weighted by atomic mass is 10.0. The summed E-state index contributed by atoms with van der Waals surface area (Å²) in [5.41, 5.74) is 4.15. The van der Waals surface area contributed by atoms with E-state index in [1.54, 1.807) is 13.8 Å². The van der Waals surface area contributed by atoms with Gasteiger partial charge in [-0.15, -0.1) is 12.3 Å². The highest BCUT2D eigenvalue weighted by Gasteiger charge is 2.25. The van der Waals surface area contributed by atoms with E-state index in [9.17, 15) is 14.4 Å². The molecule has 7 nitrogen and oxygen atoms in total. The van der Waals surface area contributed by atoms with Crippen LogP contribution in [0.4, 0.5) is 4.79 Å². The van der Waals surface area contributed by atoms with E-state index in [1.165, 1.54) is 0 Å². The molecule has 1 unspecified atom stereocenters. The van der Waals surface area contributed by atoms with Crippen molar-refractivity contribution in [1.82, 2.24) is 10.6 Å². The highest BCUT2D eigenvalue weighted by molar-refractivity contribution is 5.83. The highest BCUT2D eigenvalue weighted by atomic mass is 16.4. The van der Waals surface area contributed by atoms with E-state index in [4.69, 9.17) is 17.3 Å². The molecule has 0 aromatic heterocycles. The number of nitrogens with two attached hydrogens (primary N) is 1. The first-order chi connectivity index (χ1) is 8.18. The Kier molecular flexibility index (Phi) is 5.69. The van der Waals surface area contributed by atoms with Crippen LogP contribution in [0.3, 0.4) is 0 Å². The van der Waals surface area contributed by atoms with Gasteiger partial charge in [0.05, 0.1) is 0 Å². The van der Waals surface area contributed by atoms with Crippen LogP contribution in [0, 0.1) is 12.3 Å². The second-order valence-corrected chi connectivity index (χ2v) is 4.42. The molecule has 0 heterocycles. The van der Waals surface area contributed by atoms with Crippen molar-refractivity contribution in [2.45, 2.75) is 38.3 Å². The summed E-state index contributed by atoms with van der Waals surface area (Å²) in [6.07, 6.45) is 4.80. The molecule has 0 fully saturated rings. The third-order valence-electron chi connectivity index (χ3n) is 1.99. The third kappa shape index (κ3) is 6.37. The van der Waals surface area contributed by atoms with Crippen molar-refractivity contribution >= 4 is 17.9 Å². The molecule has 0 saturated carbocycles. The molecule has 7 heteroatoms. The minimum atomic E-state index is -1.23. The van der Waals surface area contributed by atoms with Crippen molar-refractivity contribution in [2.24, 2.45) is 5.73 Å². The van der Waals surface area contributed by atoms with Gasteiger partial charge in [-0.3, -0.25) is 4.79 Å². The molecule has 3 amide bonds. The van der Waals surface area contributed by atoms with Crippen molar-refractivity contribution in [3.05, 3.63) is 0 Å². The van der Waals surface area contributed by atoms with Crippen LogP contribution in [0.15, 0.2) is 0 Å². The first kappa shape index (κ1) is 15.8.